The molecule has 0 heterocycles. The van der Waals surface area contributed by atoms with Crippen molar-refractivity contribution in [1.29, 1.82) is 0 Å². The van der Waals surface area contributed by atoms with E-state index in [-0.39, 0.29) is 6.10 Å². The lowest BCUT2D eigenvalue weighted by atomic mass is 9.43. The number of hydrogen-bond donors (Lipinski definition) is 1. The molecular formula is C29H52O. The van der Waals surface area contributed by atoms with Gasteiger partial charge in [-0.1, -0.05) is 67.2 Å². The van der Waals surface area contributed by atoms with E-state index in [1.54, 1.807) is 0 Å². The molecule has 1 heteroatoms. The second kappa shape index (κ2) is 8.72. The minimum atomic E-state index is -0.0268. The smallest absolute Gasteiger partial charge is 0.0571 e. The number of rotatable bonds is 6. The first kappa shape index (κ1) is 23.1. The molecule has 0 unspecified atom stereocenters. The molecular weight excluding hydrogens is 364 g/mol. The maximum absolute atomic E-state index is 10.7. The SMILES string of the molecule is CC[C@@H]1[C@H](O)CC[C@@]2(C)[C@H]1CC[C@@H]1[C@@H]2CC[C@]2(C)[C@@H]([C@H](C)CCCC(C)C)CC[C@@H]12. The maximum Gasteiger partial charge on any atom is 0.0571 e. The fourth-order valence-corrected chi connectivity index (χ4v) is 10.1. The molecule has 0 aromatic rings. The van der Waals surface area contributed by atoms with E-state index < -0.39 is 0 Å². The molecule has 0 radical (unpaired) electrons. The Morgan fingerprint density at radius 3 is 2.17 bits per heavy atom. The largest absolute Gasteiger partial charge is 0.393 e. The molecule has 0 aliphatic heterocycles. The number of aliphatic hydroxyl groups is 1. The van der Waals surface area contributed by atoms with Gasteiger partial charge in [-0.15, -0.1) is 0 Å². The van der Waals surface area contributed by atoms with E-state index in [0.29, 0.717) is 16.7 Å². The quantitative estimate of drug-likeness (QED) is 0.463. The van der Waals surface area contributed by atoms with Crippen LogP contribution < -0.4 is 0 Å². The van der Waals surface area contributed by atoms with E-state index in [9.17, 15) is 5.11 Å². The van der Waals surface area contributed by atoms with Crippen molar-refractivity contribution >= 4 is 0 Å². The Hall–Kier alpha value is -0.0400. The van der Waals surface area contributed by atoms with Crippen LogP contribution >= 0.6 is 0 Å². The summed E-state index contributed by atoms with van der Waals surface area (Å²) in [5, 5.41) is 10.7. The van der Waals surface area contributed by atoms with Gasteiger partial charge in [-0.3, -0.25) is 0 Å². The fraction of sp³-hybridized carbons (Fsp3) is 1.00. The van der Waals surface area contributed by atoms with Crippen LogP contribution in [0.1, 0.15) is 119 Å². The second-order valence-corrected chi connectivity index (χ2v) is 13.3. The third-order valence-electron chi connectivity index (χ3n) is 11.6. The summed E-state index contributed by atoms with van der Waals surface area (Å²) in [5.41, 5.74) is 1.12. The van der Waals surface area contributed by atoms with Crippen molar-refractivity contribution in [2.24, 2.45) is 58.2 Å². The van der Waals surface area contributed by atoms with E-state index >= 15 is 0 Å². The molecule has 0 saturated heterocycles. The van der Waals surface area contributed by atoms with Gasteiger partial charge in [-0.05, 0) is 110 Å². The molecule has 0 aromatic heterocycles. The monoisotopic (exact) mass is 416 g/mol. The minimum Gasteiger partial charge on any atom is -0.393 e. The van der Waals surface area contributed by atoms with Crippen molar-refractivity contribution in [2.75, 3.05) is 0 Å². The molecule has 4 aliphatic rings. The zero-order valence-corrected chi connectivity index (χ0v) is 21.1. The van der Waals surface area contributed by atoms with E-state index in [1.807, 2.05) is 0 Å². The van der Waals surface area contributed by atoms with Gasteiger partial charge in [0.25, 0.3) is 0 Å². The van der Waals surface area contributed by atoms with Crippen LogP contribution in [-0.2, 0) is 0 Å². The third kappa shape index (κ3) is 3.72. The third-order valence-corrected chi connectivity index (χ3v) is 11.6. The molecule has 1 N–H and O–H groups in total. The van der Waals surface area contributed by atoms with E-state index in [2.05, 4.69) is 41.5 Å². The van der Waals surface area contributed by atoms with Crippen LogP contribution in [0.4, 0.5) is 0 Å². The number of aliphatic hydroxyl groups excluding tert-OH is 1. The molecule has 1 nitrogen and oxygen atoms in total. The Kier molecular flexibility index (Phi) is 6.72. The van der Waals surface area contributed by atoms with Crippen LogP contribution in [0.5, 0.6) is 0 Å². The number of hydrogen-bond acceptors (Lipinski definition) is 1. The van der Waals surface area contributed by atoms with Crippen LogP contribution in [0.3, 0.4) is 0 Å². The van der Waals surface area contributed by atoms with E-state index in [1.165, 1.54) is 70.6 Å². The van der Waals surface area contributed by atoms with Crippen LogP contribution in [0.25, 0.3) is 0 Å². The average molecular weight is 417 g/mol. The Morgan fingerprint density at radius 2 is 1.47 bits per heavy atom. The van der Waals surface area contributed by atoms with Crippen LogP contribution in [0, 0.1) is 58.2 Å². The standard InChI is InChI=1S/C29H52O/c1-7-21-24-12-11-22-25-14-13-23(20(4)10-8-9-19(2)3)28(25,5)17-15-26(22)29(24,6)18-16-27(21)30/h19-27,30H,7-18H2,1-6H3/t20-,21+,22+,23-,24+,25+,26+,27-,28-,29+/m1/s1. The van der Waals surface area contributed by atoms with Crippen molar-refractivity contribution < 1.29 is 5.11 Å². The molecule has 4 saturated carbocycles. The summed E-state index contributed by atoms with van der Waals surface area (Å²) < 4.78 is 0. The van der Waals surface area contributed by atoms with Gasteiger partial charge in [0.05, 0.1) is 6.10 Å². The highest BCUT2D eigenvalue weighted by Crippen LogP contribution is 2.69. The summed E-state index contributed by atoms with van der Waals surface area (Å²) in [6.07, 6.45) is 16.6. The van der Waals surface area contributed by atoms with Gasteiger partial charge in [0, 0.05) is 0 Å². The summed E-state index contributed by atoms with van der Waals surface area (Å²) in [7, 11) is 0. The van der Waals surface area contributed by atoms with Crippen LogP contribution in [0.15, 0.2) is 0 Å². The van der Waals surface area contributed by atoms with Gasteiger partial charge in [0.2, 0.25) is 0 Å². The molecule has 0 spiro atoms. The first-order valence-electron chi connectivity index (χ1n) is 13.9. The van der Waals surface area contributed by atoms with Crippen LogP contribution in [-0.4, -0.2) is 11.2 Å². The van der Waals surface area contributed by atoms with Gasteiger partial charge >= 0.3 is 0 Å². The van der Waals surface area contributed by atoms with Gasteiger partial charge in [-0.25, -0.2) is 0 Å². The summed E-state index contributed by atoms with van der Waals surface area (Å²) in [4.78, 5) is 0. The zero-order valence-electron chi connectivity index (χ0n) is 21.1. The van der Waals surface area contributed by atoms with Crippen molar-refractivity contribution in [3.63, 3.8) is 0 Å². The predicted molar refractivity (Wildman–Crippen MR) is 128 cm³/mol. The predicted octanol–water partition coefficient (Wildman–Crippen LogP) is 8.10. The lowest BCUT2D eigenvalue weighted by Gasteiger charge is -2.62. The topological polar surface area (TPSA) is 20.2 Å². The minimum absolute atomic E-state index is 0.0268. The highest BCUT2D eigenvalue weighted by atomic mass is 16.3. The molecule has 174 valence electrons. The molecule has 0 bridgehead atoms. The summed E-state index contributed by atoms with van der Waals surface area (Å²) in [5.74, 6) is 6.99. The summed E-state index contributed by atoms with van der Waals surface area (Å²) in [6, 6.07) is 0. The normalized spacial score (nSPS) is 49.4. The lowest BCUT2D eigenvalue weighted by molar-refractivity contribution is -0.153. The molecule has 4 rings (SSSR count). The average Bonchev–Trinajstić information content (AvgIpc) is 3.05. The number of fused-ring (bicyclic) bond motifs is 5. The second-order valence-electron chi connectivity index (χ2n) is 13.3. The molecule has 4 fully saturated rings. The van der Waals surface area contributed by atoms with Crippen molar-refractivity contribution in [1.82, 2.24) is 0 Å². The Balaban J connectivity index is 1.48. The van der Waals surface area contributed by atoms with Crippen LogP contribution in [0.2, 0.25) is 0 Å². The van der Waals surface area contributed by atoms with Gasteiger partial charge in [0.15, 0.2) is 0 Å². The fourth-order valence-electron chi connectivity index (χ4n) is 10.1. The maximum atomic E-state index is 10.7. The Labute approximate surface area is 188 Å². The van der Waals surface area contributed by atoms with Gasteiger partial charge in [-0.2, -0.15) is 0 Å². The summed E-state index contributed by atoms with van der Waals surface area (Å²) in [6.45, 7) is 15.1. The molecule has 10 atom stereocenters. The van der Waals surface area contributed by atoms with Crippen molar-refractivity contribution in [3.05, 3.63) is 0 Å². The van der Waals surface area contributed by atoms with E-state index in [0.717, 1.165) is 47.8 Å². The molecule has 0 aromatic carbocycles. The molecule has 30 heavy (non-hydrogen) atoms. The lowest BCUT2D eigenvalue weighted by Crippen LogP contribution is -2.56. The zero-order chi connectivity index (χ0) is 21.7. The highest BCUT2D eigenvalue weighted by Gasteiger charge is 2.61. The summed E-state index contributed by atoms with van der Waals surface area (Å²) >= 11 is 0. The highest BCUT2D eigenvalue weighted by molar-refractivity contribution is 5.10. The van der Waals surface area contributed by atoms with Crippen molar-refractivity contribution in [3.8, 4) is 0 Å². The Morgan fingerprint density at radius 1 is 0.800 bits per heavy atom. The molecule has 4 aliphatic carbocycles. The first-order valence-corrected chi connectivity index (χ1v) is 13.9. The van der Waals surface area contributed by atoms with Gasteiger partial charge in [0.1, 0.15) is 0 Å². The van der Waals surface area contributed by atoms with Crippen molar-refractivity contribution in [2.45, 2.75) is 125 Å². The molecule has 0 amide bonds. The first-order chi connectivity index (χ1) is 14.2. The van der Waals surface area contributed by atoms with Gasteiger partial charge < -0.3 is 5.11 Å². The Bertz CT molecular complexity index is 583. The van der Waals surface area contributed by atoms with E-state index in [4.69, 9.17) is 0 Å².